The van der Waals surface area contributed by atoms with E-state index >= 15 is 0 Å². The second kappa shape index (κ2) is 12.5. The van der Waals surface area contributed by atoms with Gasteiger partial charge >= 0.3 is 11.7 Å². The van der Waals surface area contributed by atoms with Gasteiger partial charge in [-0.05, 0) is 57.4 Å². The number of nitrogens with one attached hydrogen (secondary N) is 1. The molecule has 0 saturated carbocycles. The molecule has 5 N–H and O–H groups in total. The van der Waals surface area contributed by atoms with Crippen LogP contribution in [0.2, 0.25) is 0 Å². The number of rotatable bonds is 6. The van der Waals surface area contributed by atoms with Gasteiger partial charge in [0.15, 0.2) is 0 Å². The highest BCUT2D eigenvalue weighted by Gasteiger charge is 2.28. The number of hydrogen-bond acceptors (Lipinski definition) is 7. The number of urea groups is 1. The summed E-state index contributed by atoms with van der Waals surface area (Å²) in [7, 11) is 0. The number of hydrogen-bond donors (Lipinski definition) is 3. The monoisotopic (exact) mass is 560 g/mol. The molecule has 0 radical (unpaired) electrons. The van der Waals surface area contributed by atoms with Crippen LogP contribution in [0.3, 0.4) is 0 Å². The smallest absolute Gasteiger partial charge is 0.339 e. The fourth-order valence-corrected chi connectivity index (χ4v) is 4.80. The third-order valence-electron chi connectivity index (χ3n) is 7.16. The van der Waals surface area contributed by atoms with Gasteiger partial charge in [0.1, 0.15) is 5.82 Å². The Morgan fingerprint density at radius 1 is 1.05 bits per heavy atom. The van der Waals surface area contributed by atoms with Crippen molar-refractivity contribution in [3.05, 3.63) is 52.6 Å². The maximum atomic E-state index is 12.8. The highest BCUT2D eigenvalue weighted by molar-refractivity contribution is 5.88. The van der Waals surface area contributed by atoms with Gasteiger partial charge in [-0.3, -0.25) is 19.6 Å². The molecule has 2 fully saturated rings. The average molecular weight is 561 g/mol. The number of likely N-dealkylation sites (tertiary alicyclic amines) is 1. The number of amides is 3. The van der Waals surface area contributed by atoms with Crippen LogP contribution in [0.15, 0.2) is 41.3 Å². The molecule has 0 atom stereocenters. The third-order valence-corrected chi connectivity index (χ3v) is 7.16. The number of nitrogens with zero attached hydrogens (tertiary/aromatic N) is 5. The van der Waals surface area contributed by atoms with E-state index in [-0.39, 0.29) is 42.1 Å². The van der Waals surface area contributed by atoms with Crippen molar-refractivity contribution in [1.29, 1.82) is 0 Å². The first kappa shape index (κ1) is 30.6. The topological polar surface area (TPSA) is 143 Å². The van der Waals surface area contributed by atoms with Crippen molar-refractivity contribution >= 4 is 30.2 Å². The predicted octanol–water partition coefficient (Wildman–Crippen LogP) is 1.77. The summed E-state index contributed by atoms with van der Waals surface area (Å²) in [5.74, 6) is 0.176. The molecular formula is C27H41ClN8O3. The number of carbonyl (C=O) groups is 2. The minimum atomic E-state index is -0.570. The van der Waals surface area contributed by atoms with E-state index in [1.165, 1.54) is 4.57 Å². The average Bonchev–Trinajstić information content (AvgIpc) is 2.85. The van der Waals surface area contributed by atoms with Crippen molar-refractivity contribution in [2.75, 3.05) is 44.6 Å². The van der Waals surface area contributed by atoms with Crippen molar-refractivity contribution in [3.8, 4) is 5.69 Å². The Hall–Kier alpha value is -2.99. The molecule has 214 valence electrons. The third kappa shape index (κ3) is 8.50. The molecule has 1 aromatic heterocycles. The fraction of sp³-hybridized carbons (Fsp3) is 0.556. The first-order valence-electron chi connectivity index (χ1n) is 13.2. The lowest BCUT2D eigenvalue weighted by atomic mass is 9.91. The zero-order chi connectivity index (χ0) is 27.5. The number of aromatic nitrogens is 2. The highest BCUT2D eigenvalue weighted by atomic mass is 35.5. The molecule has 0 unspecified atom stereocenters. The summed E-state index contributed by atoms with van der Waals surface area (Å²) in [6.07, 6.45) is 3.80. The van der Waals surface area contributed by atoms with Crippen molar-refractivity contribution in [1.82, 2.24) is 24.3 Å². The Labute approximate surface area is 235 Å². The Morgan fingerprint density at radius 3 is 2.31 bits per heavy atom. The highest BCUT2D eigenvalue weighted by Crippen LogP contribution is 2.21. The lowest BCUT2D eigenvalue weighted by molar-refractivity contribution is -0.133. The van der Waals surface area contributed by atoms with Crippen LogP contribution in [-0.2, 0) is 11.3 Å². The molecule has 2 aliphatic rings. The lowest BCUT2D eigenvalue weighted by Gasteiger charge is -2.36. The van der Waals surface area contributed by atoms with Crippen molar-refractivity contribution in [2.45, 2.75) is 57.7 Å². The quantitative estimate of drug-likeness (QED) is 0.488. The second-order valence-corrected chi connectivity index (χ2v) is 11.5. The normalized spacial score (nSPS) is 17.9. The van der Waals surface area contributed by atoms with Gasteiger partial charge in [0.2, 0.25) is 5.91 Å². The van der Waals surface area contributed by atoms with Gasteiger partial charge in [0.25, 0.3) is 0 Å². The van der Waals surface area contributed by atoms with Crippen LogP contribution in [0.1, 0.15) is 45.6 Å². The number of anilines is 1. The van der Waals surface area contributed by atoms with Crippen molar-refractivity contribution < 1.29 is 9.59 Å². The molecule has 0 bridgehead atoms. The van der Waals surface area contributed by atoms with E-state index in [2.05, 4.69) is 28.2 Å². The zero-order valence-electron chi connectivity index (χ0n) is 23.1. The summed E-state index contributed by atoms with van der Waals surface area (Å²) >= 11 is 0. The van der Waals surface area contributed by atoms with Gasteiger partial charge < -0.3 is 21.3 Å². The number of piperidine rings is 1. The Balaban J connectivity index is 0.00000420. The maximum Gasteiger partial charge on any atom is 0.354 e. The molecule has 2 aliphatic heterocycles. The molecule has 4 rings (SSSR count). The number of carbonyl (C=O) groups excluding carboxylic acids is 2. The van der Waals surface area contributed by atoms with Gasteiger partial charge in [0.05, 0.1) is 5.69 Å². The maximum absolute atomic E-state index is 12.8. The van der Waals surface area contributed by atoms with Gasteiger partial charge in [0, 0.05) is 69.5 Å². The number of benzene rings is 1. The molecule has 0 spiro atoms. The van der Waals surface area contributed by atoms with E-state index in [1.54, 1.807) is 22.1 Å². The summed E-state index contributed by atoms with van der Waals surface area (Å²) in [6.45, 7) is 10.1. The fourth-order valence-electron chi connectivity index (χ4n) is 4.80. The molecule has 39 heavy (non-hydrogen) atoms. The summed E-state index contributed by atoms with van der Waals surface area (Å²) in [4.78, 5) is 47.7. The van der Waals surface area contributed by atoms with Crippen LogP contribution >= 0.6 is 12.4 Å². The Kier molecular flexibility index (Phi) is 9.76. The summed E-state index contributed by atoms with van der Waals surface area (Å²) < 4.78 is 1.47. The van der Waals surface area contributed by atoms with Gasteiger partial charge in [-0.1, -0.05) is 12.1 Å². The van der Waals surface area contributed by atoms with Crippen molar-refractivity contribution in [3.63, 3.8) is 0 Å². The Bertz CT molecular complexity index is 1210. The van der Waals surface area contributed by atoms with Gasteiger partial charge in [-0.15, -0.1) is 12.4 Å². The number of piperazine rings is 1. The van der Waals surface area contributed by atoms with Gasteiger partial charge in [-0.25, -0.2) is 9.59 Å². The molecule has 3 heterocycles. The minimum absolute atomic E-state index is 0. The molecule has 11 nitrogen and oxygen atoms in total. The van der Waals surface area contributed by atoms with Crippen LogP contribution in [0.5, 0.6) is 0 Å². The van der Waals surface area contributed by atoms with E-state index in [9.17, 15) is 14.4 Å². The summed E-state index contributed by atoms with van der Waals surface area (Å²) in [5.41, 5.74) is 12.9. The molecule has 2 saturated heterocycles. The summed E-state index contributed by atoms with van der Waals surface area (Å²) in [6, 6.07) is 9.11. The molecular weight excluding hydrogens is 520 g/mol. The van der Waals surface area contributed by atoms with Gasteiger partial charge in [-0.2, -0.15) is 4.98 Å². The van der Waals surface area contributed by atoms with Crippen LogP contribution in [-0.4, -0.2) is 86.5 Å². The molecule has 1 aromatic carbocycles. The van der Waals surface area contributed by atoms with Crippen LogP contribution in [0.25, 0.3) is 5.69 Å². The molecule has 0 aliphatic carbocycles. The Morgan fingerprint density at radius 2 is 1.69 bits per heavy atom. The van der Waals surface area contributed by atoms with Crippen LogP contribution < -0.4 is 22.5 Å². The first-order chi connectivity index (χ1) is 17.9. The van der Waals surface area contributed by atoms with Crippen LogP contribution in [0.4, 0.5) is 10.6 Å². The van der Waals surface area contributed by atoms with E-state index in [0.717, 1.165) is 43.7 Å². The summed E-state index contributed by atoms with van der Waals surface area (Å²) in [5, 5.41) is 2.71. The standard InChI is InChI=1S/C27H40N8O3.ClH/c1-26(2,28)18-23(36)33-13-15-34(16-14-33)24(37)30-22-7-10-35(25(38)31-22)21-6-4-5-20(17-21)19-32-11-8-27(3,29)9-12-32;/h4-7,10,17H,8-9,11-16,18-19,28-29H2,1-3H3,(H,30,31,37,38);1H. The van der Waals surface area contributed by atoms with E-state index in [1.807, 2.05) is 32.0 Å². The molecule has 2 aromatic rings. The van der Waals surface area contributed by atoms with Crippen molar-refractivity contribution in [2.24, 2.45) is 11.5 Å². The molecule has 12 heteroatoms. The minimum Gasteiger partial charge on any atom is -0.339 e. The van der Waals surface area contributed by atoms with E-state index < -0.39 is 11.2 Å². The zero-order valence-corrected chi connectivity index (χ0v) is 23.9. The van der Waals surface area contributed by atoms with E-state index in [0.29, 0.717) is 26.2 Å². The molecule has 3 amide bonds. The predicted molar refractivity (Wildman–Crippen MR) is 154 cm³/mol. The van der Waals surface area contributed by atoms with E-state index in [4.69, 9.17) is 11.5 Å². The largest absolute Gasteiger partial charge is 0.354 e. The number of halogens is 1. The number of nitrogens with two attached hydrogens (primary N) is 2. The second-order valence-electron chi connectivity index (χ2n) is 11.5. The first-order valence-corrected chi connectivity index (χ1v) is 13.2. The lowest BCUT2D eigenvalue weighted by Crippen LogP contribution is -2.53. The van der Waals surface area contributed by atoms with Crippen LogP contribution in [0, 0.1) is 0 Å². The SMILES string of the molecule is CC(C)(N)CC(=O)N1CCN(C(=O)Nc2ccn(-c3cccc(CN4CCC(C)(N)CC4)c3)c(=O)n2)CC1.Cl.